The van der Waals surface area contributed by atoms with Gasteiger partial charge in [-0.05, 0) is 30.5 Å². The van der Waals surface area contributed by atoms with Crippen LogP contribution in [-0.4, -0.2) is 6.67 Å². The topological polar surface area (TPSA) is 0 Å². The van der Waals surface area contributed by atoms with Gasteiger partial charge in [0.15, 0.2) is 0 Å². The van der Waals surface area contributed by atoms with Crippen molar-refractivity contribution in [3.05, 3.63) is 34.9 Å². The molecule has 0 nitrogen and oxygen atoms in total. The van der Waals surface area contributed by atoms with Gasteiger partial charge < -0.3 is 0 Å². The predicted octanol–water partition coefficient (Wildman–Crippen LogP) is 3.24. The third-order valence-corrected chi connectivity index (χ3v) is 1.76. The zero-order chi connectivity index (χ0) is 8.10. The predicted molar refractivity (Wildman–Crippen MR) is 45.7 cm³/mol. The van der Waals surface area contributed by atoms with E-state index in [4.69, 9.17) is 11.6 Å². The molecule has 0 atom stereocenters. The van der Waals surface area contributed by atoms with Gasteiger partial charge >= 0.3 is 0 Å². The van der Waals surface area contributed by atoms with Gasteiger partial charge in [0.2, 0.25) is 0 Å². The Labute approximate surface area is 71.0 Å². The molecule has 0 saturated carbocycles. The highest BCUT2D eigenvalue weighted by molar-refractivity contribution is 6.30. The molecule has 0 aromatic heterocycles. The molecule has 0 radical (unpaired) electrons. The van der Waals surface area contributed by atoms with E-state index in [2.05, 4.69) is 0 Å². The number of benzene rings is 1. The summed E-state index contributed by atoms with van der Waals surface area (Å²) in [7, 11) is 0. The van der Waals surface area contributed by atoms with Crippen LogP contribution in [0, 0.1) is 0 Å². The van der Waals surface area contributed by atoms with E-state index in [0.29, 0.717) is 6.42 Å². The lowest BCUT2D eigenvalue weighted by molar-refractivity contribution is 0.473. The highest BCUT2D eigenvalue weighted by Crippen LogP contribution is 2.10. The third-order valence-electron chi connectivity index (χ3n) is 1.51. The molecule has 0 fully saturated rings. The Balaban J connectivity index is 2.52. The largest absolute Gasteiger partial charge is 0.251 e. The van der Waals surface area contributed by atoms with Crippen LogP contribution in [-0.2, 0) is 6.42 Å². The van der Waals surface area contributed by atoms with Gasteiger partial charge in [-0.25, -0.2) is 0 Å². The second kappa shape index (κ2) is 4.35. The SMILES string of the molecule is FCCCc1ccc(Cl)cc1. The van der Waals surface area contributed by atoms with Gasteiger partial charge in [-0.1, -0.05) is 23.7 Å². The minimum Gasteiger partial charge on any atom is -0.251 e. The van der Waals surface area contributed by atoms with E-state index in [9.17, 15) is 4.39 Å². The fourth-order valence-corrected chi connectivity index (χ4v) is 1.05. The average molecular weight is 173 g/mol. The molecular weight excluding hydrogens is 163 g/mol. The molecule has 11 heavy (non-hydrogen) atoms. The molecule has 0 aliphatic rings. The van der Waals surface area contributed by atoms with Crippen molar-refractivity contribution in [2.24, 2.45) is 0 Å². The maximum Gasteiger partial charge on any atom is 0.0897 e. The normalized spacial score (nSPS) is 10.0. The van der Waals surface area contributed by atoms with Crippen LogP contribution < -0.4 is 0 Å². The van der Waals surface area contributed by atoms with Crippen LogP contribution in [0.2, 0.25) is 5.02 Å². The lowest BCUT2D eigenvalue weighted by atomic mass is 10.1. The van der Waals surface area contributed by atoms with Gasteiger partial charge in [-0.3, -0.25) is 4.39 Å². The Kier molecular flexibility index (Phi) is 3.37. The van der Waals surface area contributed by atoms with Crippen LogP contribution in [0.3, 0.4) is 0 Å². The zero-order valence-corrected chi connectivity index (χ0v) is 6.94. The number of alkyl halides is 1. The molecule has 0 aliphatic heterocycles. The van der Waals surface area contributed by atoms with Crippen molar-refractivity contribution < 1.29 is 4.39 Å². The first-order valence-electron chi connectivity index (χ1n) is 3.63. The third kappa shape index (κ3) is 2.89. The molecule has 1 aromatic rings. The lowest BCUT2D eigenvalue weighted by Gasteiger charge is -1.97. The Morgan fingerprint density at radius 3 is 2.36 bits per heavy atom. The van der Waals surface area contributed by atoms with E-state index < -0.39 is 0 Å². The Hall–Kier alpha value is -0.560. The molecule has 0 heterocycles. The molecule has 0 N–H and O–H groups in total. The fraction of sp³-hybridized carbons (Fsp3) is 0.333. The average Bonchev–Trinajstić information content (AvgIpc) is 2.04. The van der Waals surface area contributed by atoms with E-state index >= 15 is 0 Å². The molecule has 0 bridgehead atoms. The summed E-state index contributed by atoms with van der Waals surface area (Å²) in [6.07, 6.45) is 1.40. The summed E-state index contributed by atoms with van der Waals surface area (Å²) in [4.78, 5) is 0. The standard InChI is InChI=1S/C9H10ClF/c10-9-5-3-8(4-6-9)2-1-7-11/h3-6H,1-2,7H2. The first-order chi connectivity index (χ1) is 5.33. The first kappa shape index (κ1) is 8.54. The van der Waals surface area contributed by atoms with Gasteiger partial charge in [-0.2, -0.15) is 0 Å². The summed E-state index contributed by atoms with van der Waals surface area (Å²) in [5, 5.41) is 0.731. The van der Waals surface area contributed by atoms with Crippen molar-refractivity contribution in [1.82, 2.24) is 0 Å². The molecule has 0 unspecified atom stereocenters. The molecule has 1 aromatic carbocycles. The van der Waals surface area contributed by atoms with Crippen molar-refractivity contribution in [1.29, 1.82) is 0 Å². The maximum absolute atomic E-state index is 11.7. The van der Waals surface area contributed by atoms with Gasteiger partial charge in [-0.15, -0.1) is 0 Å². The number of hydrogen-bond acceptors (Lipinski definition) is 0. The molecule has 0 aliphatic carbocycles. The number of rotatable bonds is 3. The minimum absolute atomic E-state index is 0.247. The van der Waals surface area contributed by atoms with Crippen LogP contribution in [0.4, 0.5) is 4.39 Å². The summed E-state index contributed by atoms with van der Waals surface area (Å²) in [6, 6.07) is 7.51. The van der Waals surface area contributed by atoms with E-state index in [1.165, 1.54) is 0 Å². The summed E-state index contributed by atoms with van der Waals surface area (Å²) in [5.74, 6) is 0. The molecule has 2 heteroatoms. The molecule has 0 saturated heterocycles. The quantitative estimate of drug-likeness (QED) is 0.657. The molecule has 60 valence electrons. The highest BCUT2D eigenvalue weighted by Gasteiger charge is 1.91. The number of hydrogen-bond donors (Lipinski definition) is 0. The van der Waals surface area contributed by atoms with Gasteiger partial charge in [0.05, 0.1) is 6.67 Å². The summed E-state index contributed by atoms with van der Waals surface area (Å²) >= 11 is 5.67. The second-order valence-electron chi connectivity index (χ2n) is 2.42. The van der Waals surface area contributed by atoms with E-state index in [-0.39, 0.29) is 6.67 Å². The first-order valence-corrected chi connectivity index (χ1v) is 4.01. The highest BCUT2D eigenvalue weighted by atomic mass is 35.5. The number of aryl methyl sites for hydroxylation is 1. The van der Waals surface area contributed by atoms with Crippen molar-refractivity contribution in [3.63, 3.8) is 0 Å². The summed E-state index contributed by atoms with van der Waals surface area (Å²) < 4.78 is 11.7. The second-order valence-corrected chi connectivity index (χ2v) is 2.86. The van der Waals surface area contributed by atoms with Crippen molar-refractivity contribution >= 4 is 11.6 Å². The van der Waals surface area contributed by atoms with E-state index in [1.807, 2.05) is 24.3 Å². The van der Waals surface area contributed by atoms with Crippen LogP contribution in [0.15, 0.2) is 24.3 Å². The number of halogens is 2. The monoisotopic (exact) mass is 172 g/mol. The van der Waals surface area contributed by atoms with Crippen molar-refractivity contribution in [2.45, 2.75) is 12.8 Å². The Bertz CT molecular complexity index is 205. The minimum atomic E-state index is -0.247. The van der Waals surface area contributed by atoms with E-state index in [0.717, 1.165) is 17.0 Å². The molecule has 0 amide bonds. The van der Waals surface area contributed by atoms with Crippen LogP contribution >= 0.6 is 11.6 Å². The van der Waals surface area contributed by atoms with Gasteiger partial charge in [0.25, 0.3) is 0 Å². The van der Waals surface area contributed by atoms with Crippen LogP contribution in [0.1, 0.15) is 12.0 Å². The smallest absolute Gasteiger partial charge is 0.0897 e. The van der Waals surface area contributed by atoms with Crippen molar-refractivity contribution in [3.8, 4) is 0 Å². The Morgan fingerprint density at radius 1 is 1.18 bits per heavy atom. The lowest BCUT2D eigenvalue weighted by Crippen LogP contribution is -1.85. The van der Waals surface area contributed by atoms with Crippen LogP contribution in [0.5, 0.6) is 0 Å². The summed E-state index contributed by atoms with van der Waals surface area (Å²) in [5.41, 5.74) is 1.15. The fourth-order valence-electron chi connectivity index (χ4n) is 0.922. The summed E-state index contributed by atoms with van der Waals surface area (Å²) in [6.45, 7) is -0.247. The Morgan fingerprint density at radius 2 is 1.82 bits per heavy atom. The van der Waals surface area contributed by atoms with Gasteiger partial charge in [0, 0.05) is 5.02 Å². The van der Waals surface area contributed by atoms with Gasteiger partial charge in [0.1, 0.15) is 0 Å². The molecule has 0 spiro atoms. The maximum atomic E-state index is 11.7. The molecular formula is C9H10ClF. The van der Waals surface area contributed by atoms with Crippen molar-refractivity contribution in [2.75, 3.05) is 6.67 Å². The van der Waals surface area contributed by atoms with Crippen LogP contribution in [0.25, 0.3) is 0 Å². The zero-order valence-electron chi connectivity index (χ0n) is 6.19. The van der Waals surface area contributed by atoms with E-state index in [1.54, 1.807) is 0 Å². The molecule has 1 rings (SSSR count).